The highest BCUT2D eigenvalue weighted by Gasteiger charge is 2.22. The summed E-state index contributed by atoms with van der Waals surface area (Å²) in [6, 6.07) is 0. The van der Waals surface area contributed by atoms with Crippen LogP contribution in [0.4, 0.5) is 0 Å². The Morgan fingerprint density at radius 2 is 1.67 bits per heavy atom. The van der Waals surface area contributed by atoms with Crippen LogP contribution in [0.1, 0.15) is 61.3 Å². The molecule has 0 spiro atoms. The van der Waals surface area contributed by atoms with Gasteiger partial charge in [-0.1, -0.05) is 45.4 Å². The molecule has 0 amide bonds. The summed E-state index contributed by atoms with van der Waals surface area (Å²) < 4.78 is 0. The minimum Gasteiger partial charge on any atom is -0.395 e. The molecule has 0 heterocycles. The maximum atomic E-state index is 9.60. The minimum atomic E-state index is -0.173. The van der Waals surface area contributed by atoms with E-state index in [1.807, 2.05) is 0 Å². The molecule has 0 aromatic carbocycles. The first kappa shape index (κ1) is 17.2. The third-order valence-corrected chi connectivity index (χ3v) is 3.71. The molecule has 0 rings (SSSR count). The highest BCUT2D eigenvalue weighted by molar-refractivity contribution is 5.40. The Hall–Kier alpha value is -0.820. The molecule has 0 radical (unpaired) electrons. The van der Waals surface area contributed by atoms with Crippen molar-refractivity contribution in [2.45, 2.75) is 61.3 Å². The zero-order valence-electron chi connectivity index (χ0n) is 13.2. The lowest BCUT2D eigenvalue weighted by molar-refractivity contribution is 0.192. The van der Waals surface area contributed by atoms with Gasteiger partial charge in [0.05, 0.1) is 6.61 Å². The van der Waals surface area contributed by atoms with Gasteiger partial charge in [-0.05, 0) is 50.3 Å². The highest BCUT2D eigenvalue weighted by atomic mass is 16.3. The number of allylic oxidation sites excluding steroid dienone is 5. The fourth-order valence-electron chi connectivity index (χ4n) is 2.19. The third-order valence-electron chi connectivity index (χ3n) is 3.71. The molecule has 0 aliphatic carbocycles. The van der Waals surface area contributed by atoms with Crippen LogP contribution in [0, 0.1) is 5.41 Å². The molecule has 0 fully saturated rings. The zero-order valence-corrected chi connectivity index (χ0v) is 13.2. The van der Waals surface area contributed by atoms with E-state index in [-0.39, 0.29) is 12.0 Å². The number of aliphatic hydroxyl groups excluding tert-OH is 1. The van der Waals surface area contributed by atoms with Crippen molar-refractivity contribution >= 4 is 0 Å². The van der Waals surface area contributed by atoms with Gasteiger partial charge >= 0.3 is 0 Å². The van der Waals surface area contributed by atoms with Crippen molar-refractivity contribution < 1.29 is 5.11 Å². The van der Waals surface area contributed by atoms with Gasteiger partial charge in [0, 0.05) is 5.41 Å². The molecule has 0 atom stereocenters. The van der Waals surface area contributed by atoms with E-state index in [2.05, 4.69) is 60.6 Å². The molecule has 104 valence electrons. The maximum absolute atomic E-state index is 9.60. The molecule has 18 heavy (non-hydrogen) atoms. The Balaban J connectivity index is 5.61. The Morgan fingerprint density at radius 3 is 2.00 bits per heavy atom. The summed E-state index contributed by atoms with van der Waals surface area (Å²) in [6.07, 6.45) is 6.52. The van der Waals surface area contributed by atoms with Crippen LogP contribution in [-0.4, -0.2) is 11.7 Å². The van der Waals surface area contributed by atoms with E-state index >= 15 is 0 Å². The summed E-state index contributed by atoms with van der Waals surface area (Å²) in [6.45, 7) is 15.2. The Morgan fingerprint density at radius 1 is 1.11 bits per heavy atom. The van der Waals surface area contributed by atoms with Crippen molar-refractivity contribution in [3.05, 3.63) is 34.4 Å². The van der Waals surface area contributed by atoms with Crippen LogP contribution in [-0.2, 0) is 0 Å². The molecule has 1 N–H and O–H groups in total. The summed E-state index contributed by atoms with van der Waals surface area (Å²) in [7, 11) is 0. The molecule has 0 aliphatic rings. The summed E-state index contributed by atoms with van der Waals surface area (Å²) in [5.41, 5.74) is 5.15. The fourth-order valence-corrected chi connectivity index (χ4v) is 2.19. The van der Waals surface area contributed by atoms with Gasteiger partial charge in [-0.25, -0.2) is 0 Å². The van der Waals surface area contributed by atoms with Gasteiger partial charge in [0.2, 0.25) is 0 Å². The second kappa shape index (κ2) is 7.58. The van der Waals surface area contributed by atoms with Gasteiger partial charge in [-0.3, -0.25) is 0 Å². The molecule has 0 saturated heterocycles. The van der Waals surface area contributed by atoms with Crippen LogP contribution < -0.4 is 0 Å². The SMILES string of the molecule is C\C=C(CC)/C(C)=C\C(=C(/C)CC)C(C)(C)CO. The molecule has 1 heteroatoms. The zero-order chi connectivity index (χ0) is 14.3. The van der Waals surface area contributed by atoms with Crippen molar-refractivity contribution in [2.75, 3.05) is 6.61 Å². The Kier molecular flexibility index (Phi) is 7.23. The van der Waals surface area contributed by atoms with Crippen molar-refractivity contribution in [1.82, 2.24) is 0 Å². The van der Waals surface area contributed by atoms with E-state index in [9.17, 15) is 5.11 Å². The lowest BCUT2D eigenvalue weighted by Gasteiger charge is -2.27. The molecule has 0 aromatic heterocycles. The lowest BCUT2D eigenvalue weighted by atomic mass is 9.80. The van der Waals surface area contributed by atoms with Crippen molar-refractivity contribution in [3.8, 4) is 0 Å². The third kappa shape index (κ3) is 4.45. The Labute approximate surface area is 113 Å². The topological polar surface area (TPSA) is 20.2 Å². The second-order valence-corrected chi connectivity index (χ2v) is 5.58. The molecule has 0 aliphatic heterocycles. The molecule has 0 bridgehead atoms. The van der Waals surface area contributed by atoms with Crippen LogP contribution in [0.25, 0.3) is 0 Å². The molecule has 0 aromatic rings. The highest BCUT2D eigenvalue weighted by Crippen LogP contribution is 2.32. The van der Waals surface area contributed by atoms with E-state index < -0.39 is 0 Å². The van der Waals surface area contributed by atoms with Gasteiger partial charge in [-0.15, -0.1) is 0 Å². The summed E-state index contributed by atoms with van der Waals surface area (Å²) in [5.74, 6) is 0. The van der Waals surface area contributed by atoms with Gasteiger partial charge in [-0.2, -0.15) is 0 Å². The van der Waals surface area contributed by atoms with Crippen LogP contribution in [0.2, 0.25) is 0 Å². The quantitative estimate of drug-likeness (QED) is 0.655. The number of hydrogen-bond donors (Lipinski definition) is 1. The molecule has 1 nitrogen and oxygen atoms in total. The maximum Gasteiger partial charge on any atom is 0.0522 e. The first-order valence-electron chi connectivity index (χ1n) is 6.98. The first-order chi connectivity index (χ1) is 8.33. The fraction of sp³-hybridized carbons (Fsp3) is 0.647. The van der Waals surface area contributed by atoms with Crippen LogP contribution in [0.3, 0.4) is 0 Å². The van der Waals surface area contributed by atoms with E-state index in [4.69, 9.17) is 0 Å². The van der Waals surface area contributed by atoms with Crippen LogP contribution in [0.5, 0.6) is 0 Å². The molecular formula is C17H30O. The van der Waals surface area contributed by atoms with Crippen LogP contribution >= 0.6 is 0 Å². The lowest BCUT2D eigenvalue weighted by Crippen LogP contribution is -2.20. The monoisotopic (exact) mass is 250 g/mol. The smallest absolute Gasteiger partial charge is 0.0522 e. The van der Waals surface area contributed by atoms with Gasteiger partial charge in [0.1, 0.15) is 0 Å². The van der Waals surface area contributed by atoms with Crippen molar-refractivity contribution in [2.24, 2.45) is 5.41 Å². The van der Waals surface area contributed by atoms with E-state index in [1.165, 1.54) is 22.3 Å². The molecule has 0 saturated carbocycles. The minimum absolute atomic E-state index is 0.173. The van der Waals surface area contributed by atoms with Gasteiger partial charge in [0.25, 0.3) is 0 Å². The molecule has 0 unspecified atom stereocenters. The normalized spacial score (nSPS) is 15.8. The number of hydrogen-bond acceptors (Lipinski definition) is 1. The predicted octanol–water partition coefficient (Wildman–Crippen LogP) is 5.03. The number of rotatable bonds is 6. The Bertz CT molecular complexity index is 354. The standard InChI is InChI=1S/C17H30O/c1-8-13(4)16(17(6,7)12-18)11-14(5)15(9-2)10-3/h9,11,18H,8,10,12H2,1-7H3/b14-11-,15-9-,16-13-. The van der Waals surface area contributed by atoms with Gasteiger partial charge < -0.3 is 5.11 Å². The first-order valence-corrected chi connectivity index (χ1v) is 6.98. The van der Waals surface area contributed by atoms with E-state index in [0.29, 0.717) is 0 Å². The van der Waals surface area contributed by atoms with Crippen LogP contribution in [0.15, 0.2) is 34.4 Å². The number of aliphatic hydroxyl groups is 1. The van der Waals surface area contributed by atoms with Crippen molar-refractivity contribution in [1.29, 1.82) is 0 Å². The van der Waals surface area contributed by atoms with Crippen molar-refractivity contribution in [3.63, 3.8) is 0 Å². The average molecular weight is 250 g/mol. The summed E-state index contributed by atoms with van der Waals surface area (Å²) >= 11 is 0. The largest absolute Gasteiger partial charge is 0.395 e. The second-order valence-electron chi connectivity index (χ2n) is 5.58. The van der Waals surface area contributed by atoms with Gasteiger partial charge in [0.15, 0.2) is 0 Å². The van der Waals surface area contributed by atoms with E-state index in [1.54, 1.807) is 0 Å². The summed E-state index contributed by atoms with van der Waals surface area (Å²) in [4.78, 5) is 0. The molecular weight excluding hydrogens is 220 g/mol. The van der Waals surface area contributed by atoms with E-state index in [0.717, 1.165) is 12.8 Å². The summed E-state index contributed by atoms with van der Waals surface area (Å²) in [5, 5.41) is 9.60. The predicted molar refractivity (Wildman–Crippen MR) is 81.7 cm³/mol. The average Bonchev–Trinajstić information content (AvgIpc) is 2.36.